The van der Waals surface area contributed by atoms with Crippen molar-refractivity contribution in [2.24, 2.45) is 0 Å². The van der Waals surface area contributed by atoms with Crippen LogP contribution in [0, 0.1) is 0 Å². The molecule has 32 heavy (non-hydrogen) atoms. The molecule has 11 heteroatoms. The van der Waals surface area contributed by atoms with E-state index in [9.17, 15) is 22.8 Å². The SMILES string of the molecule is CC(C)(C)OC(=O)Nc1cc(CO[C@@H]2CC[C@H]2NC(=O)OC(C)(C)C)nc(C(F)(F)F)c1. The molecule has 0 radical (unpaired) electrons. The molecule has 2 rings (SSSR count). The predicted molar refractivity (Wildman–Crippen MR) is 110 cm³/mol. The summed E-state index contributed by atoms with van der Waals surface area (Å²) >= 11 is 0. The molecule has 1 aliphatic carbocycles. The van der Waals surface area contributed by atoms with Gasteiger partial charge in [-0.3, -0.25) is 5.32 Å². The van der Waals surface area contributed by atoms with Crippen LogP contribution < -0.4 is 10.6 Å². The molecule has 0 saturated heterocycles. The molecule has 8 nitrogen and oxygen atoms in total. The molecule has 1 saturated carbocycles. The Morgan fingerprint density at radius 3 is 2.09 bits per heavy atom. The van der Waals surface area contributed by atoms with Gasteiger partial charge in [0, 0.05) is 5.69 Å². The van der Waals surface area contributed by atoms with Gasteiger partial charge in [0.1, 0.15) is 16.9 Å². The van der Waals surface area contributed by atoms with Crippen molar-refractivity contribution < 1.29 is 37.0 Å². The molecule has 0 aliphatic heterocycles. The summed E-state index contributed by atoms with van der Waals surface area (Å²) in [6.07, 6.45) is -5.28. The summed E-state index contributed by atoms with van der Waals surface area (Å²) in [5.74, 6) is 0. The summed E-state index contributed by atoms with van der Waals surface area (Å²) in [6.45, 7) is 9.90. The molecule has 1 heterocycles. The van der Waals surface area contributed by atoms with E-state index in [1.54, 1.807) is 41.5 Å². The Bertz CT molecular complexity index is 831. The molecule has 1 aromatic rings. The van der Waals surface area contributed by atoms with Crippen LogP contribution in [0.3, 0.4) is 0 Å². The first-order valence-electron chi connectivity index (χ1n) is 10.2. The van der Waals surface area contributed by atoms with Crippen molar-refractivity contribution in [3.8, 4) is 0 Å². The fourth-order valence-corrected chi connectivity index (χ4v) is 2.79. The van der Waals surface area contributed by atoms with Crippen LogP contribution in [0.2, 0.25) is 0 Å². The second kappa shape index (κ2) is 9.51. The Morgan fingerprint density at radius 2 is 1.59 bits per heavy atom. The first-order valence-corrected chi connectivity index (χ1v) is 10.2. The van der Waals surface area contributed by atoms with Gasteiger partial charge < -0.3 is 19.5 Å². The van der Waals surface area contributed by atoms with Crippen LogP contribution in [0.4, 0.5) is 28.4 Å². The van der Waals surface area contributed by atoms with Crippen molar-refractivity contribution >= 4 is 17.9 Å². The van der Waals surface area contributed by atoms with Crippen LogP contribution in [0.15, 0.2) is 12.1 Å². The number of pyridine rings is 1. The highest BCUT2D eigenvalue weighted by molar-refractivity contribution is 5.85. The summed E-state index contributed by atoms with van der Waals surface area (Å²) < 4.78 is 55.7. The van der Waals surface area contributed by atoms with E-state index in [4.69, 9.17) is 14.2 Å². The summed E-state index contributed by atoms with van der Waals surface area (Å²) in [4.78, 5) is 27.5. The summed E-state index contributed by atoms with van der Waals surface area (Å²) in [7, 11) is 0. The quantitative estimate of drug-likeness (QED) is 0.639. The molecule has 0 spiro atoms. The third-order valence-corrected chi connectivity index (χ3v) is 4.17. The van der Waals surface area contributed by atoms with E-state index in [2.05, 4.69) is 15.6 Å². The third-order valence-electron chi connectivity index (χ3n) is 4.17. The highest BCUT2D eigenvalue weighted by Gasteiger charge is 2.36. The Kier molecular flexibility index (Phi) is 7.64. The first-order chi connectivity index (χ1) is 14.5. The van der Waals surface area contributed by atoms with E-state index in [1.807, 2.05) is 0 Å². The normalized spacial score (nSPS) is 19.0. The number of amides is 2. The van der Waals surface area contributed by atoms with Gasteiger partial charge in [-0.25, -0.2) is 14.6 Å². The van der Waals surface area contributed by atoms with E-state index >= 15 is 0 Å². The van der Waals surface area contributed by atoms with Crippen LogP contribution in [0.25, 0.3) is 0 Å². The number of nitrogens with one attached hydrogen (secondary N) is 2. The molecule has 2 amide bonds. The smallest absolute Gasteiger partial charge is 0.433 e. The molecule has 0 aromatic carbocycles. The molecule has 180 valence electrons. The van der Waals surface area contributed by atoms with Crippen molar-refractivity contribution in [1.29, 1.82) is 0 Å². The number of alkyl halides is 3. The minimum Gasteiger partial charge on any atom is -0.444 e. The third kappa shape index (κ3) is 8.52. The molecular weight excluding hydrogens is 431 g/mol. The maximum atomic E-state index is 13.3. The summed E-state index contributed by atoms with van der Waals surface area (Å²) in [6, 6.07) is 1.70. The van der Waals surface area contributed by atoms with Crippen molar-refractivity contribution in [2.75, 3.05) is 5.32 Å². The number of halogens is 3. The average molecular weight is 461 g/mol. The highest BCUT2D eigenvalue weighted by atomic mass is 19.4. The fourth-order valence-electron chi connectivity index (χ4n) is 2.79. The second-order valence-corrected chi connectivity index (χ2v) is 9.54. The maximum Gasteiger partial charge on any atom is 0.433 e. The zero-order valence-corrected chi connectivity index (χ0v) is 19.1. The predicted octanol–water partition coefficient (Wildman–Crippen LogP) is 5.02. The lowest BCUT2D eigenvalue weighted by atomic mass is 9.89. The van der Waals surface area contributed by atoms with Gasteiger partial charge >= 0.3 is 18.4 Å². The van der Waals surface area contributed by atoms with Crippen molar-refractivity contribution in [3.05, 3.63) is 23.5 Å². The van der Waals surface area contributed by atoms with Crippen molar-refractivity contribution in [2.45, 2.75) is 90.5 Å². The van der Waals surface area contributed by atoms with Crippen LogP contribution in [-0.4, -0.2) is 40.5 Å². The van der Waals surface area contributed by atoms with Gasteiger partial charge in [0.15, 0.2) is 0 Å². The van der Waals surface area contributed by atoms with Crippen LogP contribution in [0.1, 0.15) is 65.8 Å². The van der Waals surface area contributed by atoms with Gasteiger partial charge in [-0.1, -0.05) is 0 Å². The molecule has 1 aliphatic rings. The lowest BCUT2D eigenvalue weighted by molar-refractivity contribution is -0.141. The Morgan fingerprint density at radius 1 is 1.00 bits per heavy atom. The number of hydrogen-bond acceptors (Lipinski definition) is 6. The number of carbonyl (C=O) groups excluding carboxylic acids is 2. The van der Waals surface area contributed by atoms with Gasteiger partial charge in [0.2, 0.25) is 0 Å². The number of nitrogens with zero attached hydrogens (tertiary/aromatic N) is 1. The maximum absolute atomic E-state index is 13.3. The monoisotopic (exact) mass is 461 g/mol. The van der Waals surface area contributed by atoms with E-state index < -0.39 is 35.3 Å². The van der Waals surface area contributed by atoms with Crippen LogP contribution >= 0.6 is 0 Å². The average Bonchev–Trinajstić information content (AvgIpc) is 2.54. The second-order valence-electron chi connectivity index (χ2n) is 9.54. The molecule has 2 N–H and O–H groups in total. The summed E-state index contributed by atoms with van der Waals surface area (Å²) in [5, 5.41) is 4.99. The van der Waals surface area contributed by atoms with E-state index in [1.165, 1.54) is 6.07 Å². The number of aromatic nitrogens is 1. The topological polar surface area (TPSA) is 98.8 Å². The largest absolute Gasteiger partial charge is 0.444 e. The zero-order valence-electron chi connectivity index (χ0n) is 19.1. The lowest BCUT2D eigenvalue weighted by Gasteiger charge is -2.37. The number of rotatable bonds is 5. The molecule has 0 unspecified atom stereocenters. The summed E-state index contributed by atoms with van der Waals surface area (Å²) in [5.41, 5.74) is -2.76. The molecule has 1 aromatic heterocycles. The van der Waals surface area contributed by atoms with Crippen molar-refractivity contribution in [1.82, 2.24) is 10.3 Å². The Hall–Kier alpha value is -2.56. The van der Waals surface area contributed by atoms with Gasteiger partial charge in [0.25, 0.3) is 0 Å². The van der Waals surface area contributed by atoms with Crippen molar-refractivity contribution in [3.63, 3.8) is 0 Å². The van der Waals surface area contributed by atoms with Gasteiger partial charge in [-0.05, 0) is 66.5 Å². The minimum absolute atomic E-state index is 0.0196. The fraction of sp³-hybridized carbons (Fsp3) is 0.667. The number of alkyl carbamates (subject to hydrolysis) is 1. The molecular formula is C21H30F3N3O5. The van der Waals surface area contributed by atoms with E-state index in [-0.39, 0.29) is 30.1 Å². The van der Waals surface area contributed by atoms with E-state index in [0.717, 1.165) is 6.07 Å². The minimum atomic E-state index is -4.71. The highest BCUT2D eigenvalue weighted by Crippen LogP contribution is 2.31. The number of ether oxygens (including phenoxy) is 3. The first kappa shape index (κ1) is 25.7. The molecule has 0 bridgehead atoms. The molecule has 2 atom stereocenters. The Balaban J connectivity index is 2.04. The van der Waals surface area contributed by atoms with Crippen LogP contribution in [-0.2, 0) is 27.0 Å². The number of anilines is 1. The van der Waals surface area contributed by atoms with E-state index in [0.29, 0.717) is 12.8 Å². The van der Waals surface area contributed by atoms with Crippen LogP contribution in [0.5, 0.6) is 0 Å². The Labute approximate surface area is 185 Å². The zero-order chi connectivity index (χ0) is 24.3. The van der Waals surface area contributed by atoms with Gasteiger partial charge in [0.05, 0.1) is 24.4 Å². The number of carbonyl (C=O) groups is 2. The van der Waals surface area contributed by atoms with Gasteiger partial charge in [-0.15, -0.1) is 0 Å². The lowest BCUT2D eigenvalue weighted by Crippen LogP contribution is -2.52. The van der Waals surface area contributed by atoms with Gasteiger partial charge in [-0.2, -0.15) is 13.2 Å². The standard InChI is InChI=1S/C21H30F3N3O5/c1-19(2,3)31-17(28)26-12-9-13(25-16(10-12)21(22,23)24)11-30-15-8-7-14(15)27-18(29)32-20(4,5)6/h9-10,14-15H,7-8,11H2,1-6H3,(H,27,29)(H,25,26,28)/t14-,15-/m1/s1. The number of hydrogen-bond donors (Lipinski definition) is 2. The molecule has 1 fully saturated rings.